The van der Waals surface area contributed by atoms with Crippen LogP contribution in [0.1, 0.15) is 15.9 Å². The number of nitrogens with zero attached hydrogens (tertiary/aromatic N) is 1. The molecule has 2 heterocycles. The van der Waals surface area contributed by atoms with Gasteiger partial charge in [-0.2, -0.15) is 0 Å². The molecule has 0 aliphatic rings. The van der Waals surface area contributed by atoms with E-state index < -0.39 is 23.0 Å². The van der Waals surface area contributed by atoms with Gasteiger partial charge in [-0.15, -0.1) is 0 Å². The normalized spacial score (nSPS) is 11.0. The van der Waals surface area contributed by atoms with E-state index in [1.165, 1.54) is 12.3 Å². The second-order valence-electron chi connectivity index (χ2n) is 5.73. The number of aromatic nitrogens is 2. The van der Waals surface area contributed by atoms with Crippen LogP contribution in [0.5, 0.6) is 0 Å². The van der Waals surface area contributed by atoms with Crippen molar-refractivity contribution >= 4 is 28.4 Å². The van der Waals surface area contributed by atoms with Gasteiger partial charge in [0, 0.05) is 39.5 Å². The third-order valence-electron chi connectivity index (χ3n) is 4.15. The molecule has 3 nitrogen and oxygen atoms in total. The van der Waals surface area contributed by atoms with Crippen LogP contribution in [0.25, 0.3) is 22.2 Å². The third kappa shape index (κ3) is 2.66. The lowest BCUT2D eigenvalue weighted by Crippen LogP contribution is -2.07. The number of carbonyl (C=O) groups excluding carboxylic acids is 1. The number of hydrogen-bond donors (Lipinski definition) is 1. The molecule has 128 valence electrons. The Morgan fingerprint density at radius 2 is 1.77 bits per heavy atom. The van der Waals surface area contributed by atoms with Gasteiger partial charge in [0.05, 0.1) is 5.56 Å². The van der Waals surface area contributed by atoms with Crippen LogP contribution in [-0.2, 0) is 0 Å². The van der Waals surface area contributed by atoms with Gasteiger partial charge in [-0.05, 0) is 24.3 Å². The monoisotopic (exact) mass is 368 g/mol. The first kappa shape index (κ1) is 16.4. The second-order valence-corrected chi connectivity index (χ2v) is 6.14. The summed E-state index contributed by atoms with van der Waals surface area (Å²) in [7, 11) is 0. The van der Waals surface area contributed by atoms with Gasteiger partial charge in [0.2, 0.25) is 5.78 Å². The number of nitrogens with one attached hydrogen (secondary N) is 1. The fourth-order valence-corrected chi connectivity index (χ4v) is 3.13. The van der Waals surface area contributed by atoms with Crippen LogP contribution < -0.4 is 0 Å². The fraction of sp³-hybridized carbons (Fsp3) is 0. The first-order chi connectivity index (χ1) is 12.6. The molecule has 0 saturated carbocycles. The molecule has 0 aliphatic carbocycles. The lowest BCUT2D eigenvalue weighted by Gasteiger charge is -2.06. The first-order valence-corrected chi connectivity index (χ1v) is 8.15. The molecule has 0 amide bonds. The number of ketones is 1. The molecule has 0 saturated heterocycles. The largest absolute Gasteiger partial charge is 0.345 e. The molecule has 2 aromatic carbocycles. The maximum absolute atomic E-state index is 14.0. The zero-order valence-electron chi connectivity index (χ0n) is 13.3. The summed E-state index contributed by atoms with van der Waals surface area (Å²) < 4.78 is 28.0. The summed E-state index contributed by atoms with van der Waals surface area (Å²) in [6.45, 7) is 0. The lowest BCUT2D eigenvalue weighted by atomic mass is 10.0. The first-order valence-electron chi connectivity index (χ1n) is 7.77. The van der Waals surface area contributed by atoms with Crippen molar-refractivity contribution in [3.8, 4) is 11.1 Å². The highest BCUT2D eigenvalue weighted by Crippen LogP contribution is 2.31. The maximum atomic E-state index is 14.0. The van der Waals surface area contributed by atoms with Crippen molar-refractivity contribution in [1.82, 2.24) is 9.97 Å². The van der Waals surface area contributed by atoms with E-state index in [1.54, 1.807) is 18.3 Å². The van der Waals surface area contributed by atoms with Gasteiger partial charge >= 0.3 is 0 Å². The van der Waals surface area contributed by atoms with Crippen molar-refractivity contribution < 1.29 is 13.6 Å². The minimum absolute atomic E-state index is 0.144. The van der Waals surface area contributed by atoms with Gasteiger partial charge < -0.3 is 4.98 Å². The van der Waals surface area contributed by atoms with E-state index in [4.69, 9.17) is 11.6 Å². The van der Waals surface area contributed by atoms with Crippen molar-refractivity contribution in [2.45, 2.75) is 0 Å². The number of H-pyrrole nitrogens is 1. The number of pyridine rings is 1. The predicted molar refractivity (Wildman–Crippen MR) is 96.3 cm³/mol. The summed E-state index contributed by atoms with van der Waals surface area (Å²) in [5.74, 6) is -2.55. The van der Waals surface area contributed by atoms with E-state index in [1.807, 2.05) is 18.2 Å². The number of benzene rings is 2. The predicted octanol–water partition coefficient (Wildman–Crippen LogP) is 5.39. The zero-order chi connectivity index (χ0) is 18.3. The standard InChI is InChI=1S/C20H11ClF2N2O/c21-15-5-2-1-4-12(15)11-8-13-14(10-25-20(13)24-9-11)19(26)18-16(22)6-3-7-17(18)23/h1-10H,(H,24,25). The molecule has 4 rings (SSSR count). The molecular formula is C20H11ClF2N2O. The Morgan fingerprint density at radius 3 is 2.50 bits per heavy atom. The average molecular weight is 369 g/mol. The second kappa shape index (κ2) is 6.35. The van der Waals surface area contributed by atoms with E-state index in [9.17, 15) is 13.6 Å². The summed E-state index contributed by atoms with van der Waals surface area (Å²) in [5, 5.41) is 1.01. The summed E-state index contributed by atoms with van der Waals surface area (Å²) in [6, 6.07) is 12.3. The van der Waals surface area contributed by atoms with Crippen LogP contribution in [0.3, 0.4) is 0 Å². The van der Waals surface area contributed by atoms with Crippen molar-refractivity contribution in [1.29, 1.82) is 0 Å². The Bertz CT molecular complexity index is 1130. The smallest absolute Gasteiger partial charge is 0.201 e. The number of fused-ring (bicyclic) bond motifs is 1. The SMILES string of the molecule is O=C(c1c(F)cccc1F)c1c[nH]c2ncc(-c3ccccc3Cl)cc12. The van der Waals surface area contributed by atoms with Crippen LogP contribution in [0.15, 0.2) is 60.9 Å². The number of carbonyl (C=O) groups is 1. The zero-order valence-corrected chi connectivity index (χ0v) is 14.0. The van der Waals surface area contributed by atoms with Crippen LogP contribution in [0.2, 0.25) is 5.02 Å². The van der Waals surface area contributed by atoms with Gasteiger partial charge in [0.25, 0.3) is 0 Å². The molecule has 0 unspecified atom stereocenters. The topological polar surface area (TPSA) is 45.8 Å². The van der Waals surface area contributed by atoms with Gasteiger partial charge in [-0.25, -0.2) is 13.8 Å². The van der Waals surface area contributed by atoms with Crippen molar-refractivity contribution in [3.63, 3.8) is 0 Å². The van der Waals surface area contributed by atoms with Gasteiger partial charge in [-0.3, -0.25) is 4.79 Å². The quantitative estimate of drug-likeness (QED) is 0.492. The summed E-state index contributed by atoms with van der Waals surface area (Å²) in [5.41, 5.74) is 1.45. The minimum Gasteiger partial charge on any atom is -0.345 e. The van der Waals surface area contributed by atoms with Crippen molar-refractivity contribution in [3.05, 3.63) is 88.7 Å². The molecular weight excluding hydrogens is 358 g/mol. The van der Waals surface area contributed by atoms with Crippen LogP contribution in [0.4, 0.5) is 8.78 Å². The molecule has 1 N–H and O–H groups in total. The number of aromatic amines is 1. The number of halogens is 3. The molecule has 0 atom stereocenters. The maximum Gasteiger partial charge on any atom is 0.201 e. The molecule has 0 spiro atoms. The van der Waals surface area contributed by atoms with Gasteiger partial charge in [-0.1, -0.05) is 35.9 Å². The van der Waals surface area contributed by atoms with E-state index in [0.29, 0.717) is 21.6 Å². The fourth-order valence-electron chi connectivity index (χ4n) is 2.88. The highest BCUT2D eigenvalue weighted by Gasteiger charge is 2.22. The molecule has 26 heavy (non-hydrogen) atoms. The summed E-state index contributed by atoms with van der Waals surface area (Å²) in [4.78, 5) is 19.9. The Kier molecular flexibility index (Phi) is 4.01. The van der Waals surface area contributed by atoms with Crippen LogP contribution in [0, 0.1) is 11.6 Å². The average Bonchev–Trinajstić information content (AvgIpc) is 3.05. The Morgan fingerprint density at radius 1 is 1.04 bits per heavy atom. The Balaban J connectivity index is 1.88. The molecule has 0 bridgehead atoms. The van der Waals surface area contributed by atoms with Crippen LogP contribution in [-0.4, -0.2) is 15.8 Å². The summed E-state index contributed by atoms with van der Waals surface area (Å²) >= 11 is 6.22. The highest BCUT2D eigenvalue weighted by molar-refractivity contribution is 6.33. The van der Waals surface area contributed by atoms with E-state index in [-0.39, 0.29) is 5.56 Å². The molecule has 2 aromatic heterocycles. The molecule has 0 aliphatic heterocycles. The van der Waals surface area contributed by atoms with E-state index >= 15 is 0 Å². The minimum atomic E-state index is -0.903. The molecule has 0 fully saturated rings. The van der Waals surface area contributed by atoms with E-state index in [0.717, 1.165) is 17.7 Å². The van der Waals surface area contributed by atoms with Gasteiger partial charge in [0.1, 0.15) is 17.3 Å². The van der Waals surface area contributed by atoms with Crippen LogP contribution >= 0.6 is 11.6 Å². The number of rotatable bonds is 3. The Labute approximate surface area is 152 Å². The lowest BCUT2D eigenvalue weighted by molar-refractivity contribution is 0.103. The molecule has 6 heteroatoms. The van der Waals surface area contributed by atoms with E-state index in [2.05, 4.69) is 9.97 Å². The Hall–Kier alpha value is -3.05. The highest BCUT2D eigenvalue weighted by atomic mass is 35.5. The summed E-state index contributed by atoms with van der Waals surface area (Å²) in [6.07, 6.45) is 3.03. The molecule has 0 radical (unpaired) electrons. The van der Waals surface area contributed by atoms with Crippen molar-refractivity contribution in [2.75, 3.05) is 0 Å². The number of hydrogen-bond acceptors (Lipinski definition) is 2. The third-order valence-corrected chi connectivity index (χ3v) is 4.48. The van der Waals surface area contributed by atoms with Gasteiger partial charge in [0.15, 0.2) is 0 Å². The molecule has 4 aromatic rings. The van der Waals surface area contributed by atoms with Crippen molar-refractivity contribution in [2.24, 2.45) is 0 Å².